The number of ether oxygens (including phenoxy) is 1. The van der Waals surface area contributed by atoms with Gasteiger partial charge in [-0.3, -0.25) is 0 Å². The SMILES string of the molecule is Fc1cc(CBr)ccc1-c1cccc(OC(F)(F)F)c1. The summed E-state index contributed by atoms with van der Waals surface area (Å²) in [6, 6.07) is 9.79. The summed E-state index contributed by atoms with van der Waals surface area (Å²) < 4.78 is 54.2. The van der Waals surface area contributed by atoms with E-state index in [1.807, 2.05) is 0 Å². The fourth-order valence-electron chi connectivity index (χ4n) is 1.74. The summed E-state index contributed by atoms with van der Waals surface area (Å²) >= 11 is 3.21. The third-order valence-corrected chi connectivity index (χ3v) is 3.21. The predicted octanol–water partition coefficient (Wildman–Crippen LogP) is 5.29. The molecule has 2 rings (SSSR count). The van der Waals surface area contributed by atoms with Crippen molar-refractivity contribution in [1.82, 2.24) is 0 Å². The summed E-state index contributed by atoms with van der Waals surface area (Å²) in [5.74, 6) is -0.870. The Kier molecular flexibility index (Phi) is 4.32. The lowest BCUT2D eigenvalue weighted by Crippen LogP contribution is -2.17. The molecule has 0 aliphatic rings. The Hall–Kier alpha value is -1.56. The largest absolute Gasteiger partial charge is 0.573 e. The lowest BCUT2D eigenvalue weighted by atomic mass is 10.0. The quantitative estimate of drug-likeness (QED) is 0.541. The Morgan fingerprint density at radius 3 is 2.40 bits per heavy atom. The highest BCUT2D eigenvalue weighted by atomic mass is 79.9. The third kappa shape index (κ3) is 3.72. The topological polar surface area (TPSA) is 9.23 Å². The molecule has 0 aliphatic carbocycles. The molecular weight excluding hydrogens is 340 g/mol. The van der Waals surface area contributed by atoms with Crippen molar-refractivity contribution in [2.45, 2.75) is 11.7 Å². The van der Waals surface area contributed by atoms with Gasteiger partial charge in [-0.25, -0.2) is 4.39 Å². The van der Waals surface area contributed by atoms with Gasteiger partial charge in [-0.05, 0) is 29.3 Å². The molecule has 0 unspecified atom stereocenters. The Bertz CT molecular complexity index is 610. The van der Waals surface area contributed by atoms with Crippen LogP contribution in [0.15, 0.2) is 42.5 Å². The summed E-state index contributed by atoms with van der Waals surface area (Å²) in [6.07, 6.45) is -4.77. The molecule has 2 aromatic carbocycles. The molecule has 0 fully saturated rings. The molecule has 0 saturated carbocycles. The van der Waals surface area contributed by atoms with Crippen LogP contribution in [-0.4, -0.2) is 6.36 Å². The monoisotopic (exact) mass is 348 g/mol. The average molecular weight is 349 g/mol. The van der Waals surface area contributed by atoms with E-state index in [2.05, 4.69) is 20.7 Å². The van der Waals surface area contributed by atoms with Crippen LogP contribution in [0.25, 0.3) is 11.1 Å². The molecule has 106 valence electrons. The van der Waals surface area contributed by atoms with Crippen molar-refractivity contribution >= 4 is 15.9 Å². The second kappa shape index (κ2) is 5.83. The van der Waals surface area contributed by atoms with Gasteiger partial charge in [-0.2, -0.15) is 0 Å². The molecule has 0 N–H and O–H groups in total. The highest BCUT2D eigenvalue weighted by Gasteiger charge is 2.31. The highest BCUT2D eigenvalue weighted by Crippen LogP contribution is 2.30. The Morgan fingerprint density at radius 1 is 1.05 bits per heavy atom. The second-order valence-electron chi connectivity index (χ2n) is 4.02. The first-order valence-corrected chi connectivity index (χ1v) is 6.72. The number of hydrogen-bond acceptors (Lipinski definition) is 1. The van der Waals surface area contributed by atoms with Gasteiger partial charge in [0.15, 0.2) is 0 Å². The molecule has 0 aromatic heterocycles. The van der Waals surface area contributed by atoms with Crippen molar-refractivity contribution in [2.75, 3.05) is 0 Å². The standard InChI is InChI=1S/C14H9BrF4O/c15-8-9-4-5-12(13(16)6-9)10-2-1-3-11(7-10)20-14(17,18)19/h1-7H,8H2. The number of halogens is 5. The van der Waals surface area contributed by atoms with Crippen LogP contribution in [0.1, 0.15) is 5.56 Å². The van der Waals surface area contributed by atoms with Gasteiger partial charge in [0.2, 0.25) is 0 Å². The molecule has 1 nitrogen and oxygen atoms in total. The molecule has 2 aromatic rings. The fourth-order valence-corrected chi connectivity index (χ4v) is 2.09. The van der Waals surface area contributed by atoms with Gasteiger partial charge in [0, 0.05) is 10.9 Å². The zero-order valence-electron chi connectivity index (χ0n) is 10.0. The van der Waals surface area contributed by atoms with E-state index in [1.165, 1.54) is 30.3 Å². The van der Waals surface area contributed by atoms with Crippen LogP contribution in [-0.2, 0) is 5.33 Å². The van der Waals surface area contributed by atoms with E-state index in [1.54, 1.807) is 6.07 Å². The molecule has 0 atom stereocenters. The number of rotatable bonds is 3. The van der Waals surface area contributed by atoms with Crippen LogP contribution in [0.4, 0.5) is 17.6 Å². The third-order valence-electron chi connectivity index (χ3n) is 2.57. The van der Waals surface area contributed by atoms with Crippen molar-refractivity contribution in [2.24, 2.45) is 0 Å². The fraction of sp³-hybridized carbons (Fsp3) is 0.143. The van der Waals surface area contributed by atoms with Crippen LogP contribution in [0.3, 0.4) is 0 Å². The van der Waals surface area contributed by atoms with E-state index < -0.39 is 12.2 Å². The molecule has 0 heterocycles. The first kappa shape index (κ1) is 14.8. The van der Waals surface area contributed by atoms with Gasteiger partial charge in [-0.15, -0.1) is 13.2 Å². The first-order chi connectivity index (χ1) is 9.39. The molecule has 0 amide bonds. The van der Waals surface area contributed by atoms with Crippen LogP contribution >= 0.6 is 15.9 Å². The van der Waals surface area contributed by atoms with E-state index in [9.17, 15) is 17.6 Å². The zero-order valence-corrected chi connectivity index (χ0v) is 11.6. The molecule has 0 spiro atoms. The Labute approximate surface area is 121 Å². The summed E-state index contributed by atoms with van der Waals surface area (Å²) in [7, 11) is 0. The van der Waals surface area contributed by atoms with Crippen LogP contribution in [0.5, 0.6) is 5.75 Å². The molecule has 6 heteroatoms. The van der Waals surface area contributed by atoms with Crippen LogP contribution in [0.2, 0.25) is 0 Å². The lowest BCUT2D eigenvalue weighted by molar-refractivity contribution is -0.274. The zero-order chi connectivity index (χ0) is 14.8. The highest BCUT2D eigenvalue weighted by molar-refractivity contribution is 9.08. The summed E-state index contributed by atoms with van der Waals surface area (Å²) in [5.41, 5.74) is 1.29. The first-order valence-electron chi connectivity index (χ1n) is 5.59. The van der Waals surface area contributed by atoms with Gasteiger partial charge in [0.05, 0.1) is 0 Å². The van der Waals surface area contributed by atoms with Gasteiger partial charge in [0.25, 0.3) is 0 Å². The Morgan fingerprint density at radius 2 is 1.80 bits per heavy atom. The number of benzene rings is 2. The van der Waals surface area contributed by atoms with Gasteiger partial charge >= 0.3 is 6.36 Å². The van der Waals surface area contributed by atoms with Crippen molar-refractivity contribution in [3.8, 4) is 16.9 Å². The van der Waals surface area contributed by atoms with Crippen LogP contribution < -0.4 is 4.74 Å². The van der Waals surface area contributed by atoms with Gasteiger partial charge in [0.1, 0.15) is 11.6 Å². The molecule has 0 bridgehead atoms. The van der Waals surface area contributed by atoms with E-state index in [-0.39, 0.29) is 11.3 Å². The maximum absolute atomic E-state index is 13.9. The van der Waals surface area contributed by atoms with E-state index >= 15 is 0 Å². The minimum atomic E-state index is -4.77. The number of alkyl halides is 4. The Balaban J connectivity index is 2.36. The van der Waals surface area contributed by atoms with E-state index in [0.717, 1.165) is 11.6 Å². The maximum Gasteiger partial charge on any atom is 0.573 e. The summed E-state index contributed by atoms with van der Waals surface area (Å²) in [5, 5.41) is 0.501. The molecule has 0 aliphatic heterocycles. The molecule has 20 heavy (non-hydrogen) atoms. The van der Waals surface area contributed by atoms with Crippen molar-refractivity contribution < 1.29 is 22.3 Å². The van der Waals surface area contributed by atoms with Gasteiger partial charge in [-0.1, -0.05) is 40.2 Å². The van der Waals surface area contributed by atoms with Crippen molar-refractivity contribution in [3.63, 3.8) is 0 Å². The molecule has 0 saturated heterocycles. The van der Waals surface area contributed by atoms with Crippen molar-refractivity contribution in [3.05, 3.63) is 53.8 Å². The smallest absolute Gasteiger partial charge is 0.406 e. The predicted molar refractivity (Wildman–Crippen MR) is 71.2 cm³/mol. The van der Waals surface area contributed by atoms with E-state index in [0.29, 0.717) is 10.9 Å². The molecule has 0 radical (unpaired) electrons. The summed E-state index contributed by atoms with van der Waals surface area (Å²) in [4.78, 5) is 0. The van der Waals surface area contributed by atoms with E-state index in [4.69, 9.17) is 0 Å². The normalized spacial score (nSPS) is 11.4. The second-order valence-corrected chi connectivity index (χ2v) is 4.58. The van der Waals surface area contributed by atoms with Crippen LogP contribution in [0, 0.1) is 5.82 Å². The van der Waals surface area contributed by atoms with Gasteiger partial charge < -0.3 is 4.74 Å². The minimum absolute atomic E-state index is 0.224. The summed E-state index contributed by atoms with van der Waals surface area (Å²) in [6.45, 7) is 0. The molecular formula is C14H9BrF4O. The average Bonchev–Trinajstić information content (AvgIpc) is 2.36. The lowest BCUT2D eigenvalue weighted by Gasteiger charge is -2.11. The number of hydrogen-bond donors (Lipinski definition) is 0. The van der Waals surface area contributed by atoms with Crippen molar-refractivity contribution in [1.29, 1.82) is 0 Å². The minimum Gasteiger partial charge on any atom is -0.406 e. The maximum atomic E-state index is 13.9.